The Kier molecular flexibility index (Phi) is 7.97. The lowest BCUT2D eigenvalue weighted by Gasteiger charge is -2.26. The van der Waals surface area contributed by atoms with Gasteiger partial charge in [0.05, 0.1) is 11.0 Å². The Balaban J connectivity index is 1.32. The Morgan fingerprint density at radius 2 is 1.14 bits per heavy atom. The normalized spacial score (nSPS) is 11.9. The van der Waals surface area contributed by atoms with Gasteiger partial charge in [0.2, 0.25) is 0 Å². The molecule has 0 amide bonds. The summed E-state index contributed by atoms with van der Waals surface area (Å²) in [6.07, 6.45) is 8.30. The third kappa shape index (κ3) is 5.44. The summed E-state index contributed by atoms with van der Waals surface area (Å²) in [7, 11) is 0. The molecule has 0 saturated heterocycles. The Bertz CT molecular complexity index is 2480. The third-order valence-corrected chi connectivity index (χ3v) is 9.23. The lowest BCUT2D eigenvalue weighted by Crippen LogP contribution is -2.10. The molecular formula is C47H36N2. The second kappa shape index (κ2) is 13.0. The van der Waals surface area contributed by atoms with Crippen molar-refractivity contribution in [2.75, 3.05) is 4.90 Å². The molecule has 234 valence electrons. The maximum atomic E-state index is 4.07. The van der Waals surface area contributed by atoms with Gasteiger partial charge < -0.3 is 9.47 Å². The van der Waals surface area contributed by atoms with Crippen LogP contribution in [0.15, 0.2) is 195 Å². The molecule has 8 rings (SSSR count). The van der Waals surface area contributed by atoms with Crippen LogP contribution in [0.2, 0.25) is 0 Å². The number of hydrogen-bond donors (Lipinski definition) is 0. The number of rotatable bonds is 8. The number of para-hydroxylation sites is 2. The van der Waals surface area contributed by atoms with Gasteiger partial charge in [-0.2, -0.15) is 0 Å². The van der Waals surface area contributed by atoms with E-state index in [1.54, 1.807) is 0 Å². The largest absolute Gasteiger partial charge is 0.311 e. The van der Waals surface area contributed by atoms with Gasteiger partial charge in [0.1, 0.15) is 0 Å². The van der Waals surface area contributed by atoms with E-state index in [4.69, 9.17) is 0 Å². The van der Waals surface area contributed by atoms with Gasteiger partial charge in [0.15, 0.2) is 0 Å². The van der Waals surface area contributed by atoms with Crippen molar-refractivity contribution < 1.29 is 0 Å². The standard InChI is InChI=1S/C47H36N2/c1-3-15-36(16-4-2)46-42-22-12-11-19-37(42)33-44-43-23-13-14-24-45(43)49(47(44)46)41-31-29-40(30-32-41)48(38-20-9-6-10-21-38)39-27-25-35(26-28-39)34-17-7-5-8-18-34/h3-33H,1H2,2H3/b16-4-,36-15+. The van der Waals surface area contributed by atoms with E-state index in [0.717, 1.165) is 28.3 Å². The van der Waals surface area contributed by atoms with Crippen LogP contribution in [0.4, 0.5) is 17.1 Å². The molecule has 8 aromatic rings. The predicted octanol–water partition coefficient (Wildman–Crippen LogP) is 13.2. The van der Waals surface area contributed by atoms with Crippen molar-refractivity contribution in [1.29, 1.82) is 0 Å². The van der Waals surface area contributed by atoms with Crippen LogP contribution < -0.4 is 4.90 Å². The minimum atomic E-state index is 1.09. The highest BCUT2D eigenvalue weighted by molar-refractivity contribution is 6.19. The molecule has 1 heterocycles. The predicted molar refractivity (Wildman–Crippen MR) is 211 cm³/mol. The number of hydrogen-bond acceptors (Lipinski definition) is 1. The van der Waals surface area contributed by atoms with Gasteiger partial charge in [-0.15, -0.1) is 0 Å². The second-order valence-corrected chi connectivity index (χ2v) is 12.2. The highest BCUT2D eigenvalue weighted by Gasteiger charge is 2.20. The summed E-state index contributed by atoms with van der Waals surface area (Å²) in [5.74, 6) is 0. The molecule has 0 unspecified atom stereocenters. The van der Waals surface area contributed by atoms with Gasteiger partial charge in [0.25, 0.3) is 0 Å². The Morgan fingerprint density at radius 1 is 0.571 bits per heavy atom. The van der Waals surface area contributed by atoms with E-state index < -0.39 is 0 Å². The summed E-state index contributed by atoms with van der Waals surface area (Å²) < 4.78 is 2.43. The van der Waals surface area contributed by atoms with Gasteiger partial charge in [-0.25, -0.2) is 0 Å². The van der Waals surface area contributed by atoms with E-state index in [9.17, 15) is 0 Å². The summed E-state index contributed by atoms with van der Waals surface area (Å²) in [5.41, 5.74) is 11.5. The van der Waals surface area contributed by atoms with Crippen molar-refractivity contribution in [3.05, 3.63) is 200 Å². The van der Waals surface area contributed by atoms with Gasteiger partial charge in [0, 0.05) is 39.1 Å². The molecule has 1 aromatic heterocycles. The zero-order valence-electron chi connectivity index (χ0n) is 27.5. The lowest BCUT2D eigenvalue weighted by molar-refractivity contribution is 1.17. The monoisotopic (exact) mass is 628 g/mol. The molecule has 0 aliphatic carbocycles. The molecule has 0 atom stereocenters. The average Bonchev–Trinajstić information content (AvgIpc) is 3.49. The minimum absolute atomic E-state index is 1.09. The number of fused-ring (bicyclic) bond motifs is 4. The molecule has 0 aliphatic rings. The lowest BCUT2D eigenvalue weighted by atomic mass is 9.94. The van der Waals surface area contributed by atoms with Crippen LogP contribution in [0, 0.1) is 0 Å². The van der Waals surface area contributed by atoms with Crippen molar-refractivity contribution in [3.63, 3.8) is 0 Å². The topological polar surface area (TPSA) is 8.17 Å². The number of aromatic nitrogens is 1. The Labute approximate surface area is 287 Å². The molecule has 7 aromatic carbocycles. The molecule has 49 heavy (non-hydrogen) atoms. The molecule has 0 spiro atoms. The van der Waals surface area contributed by atoms with Crippen molar-refractivity contribution in [2.24, 2.45) is 0 Å². The van der Waals surface area contributed by atoms with E-state index in [1.807, 2.05) is 6.08 Å². The number of allylic oxidation sites excluding steroid dienone is 5. The summed E-state index contributed by atoms with van der Waals surface area (Å²) >= 11 is 0. The first-order valence-electron chi connectivity index (χ1n) is 16.8. The van der Waals surface area contributed by atoms with Gasteiger partial charge in [-0.3, -0.25) is 0 Å². The zero-order valence-corrected chi connectivity index (χ0v) is 27.5. The van der Waals surface area contributed by atoms with Crippen LogP contribution in [0.3, 0.4) is 0 Å². The second-order valence-electron chi connectivity index (χ2n) is 12.2. The fourth-order valence-electron chi connectivity index (χ4n) is 7.09. The average molecular weight is 629 g/mol. The van der Waals surface area contributed by atoms with Crippen molar-refractivity contribution in [1.82, 2.24) is 4.57 Å². The third-order valence-electron chi connectivity index (χ3n) is 9.23. The van der Waals surface area contributed by atoms with E-state index in [2.05, 4.69) is 205 Å². The number of benzene rings is 7. The fourth-order valence-corrected chi connectivity index (χ4v) is 7.09. The van der Waals surface area contributed by atoms with E-state index in [0.29, 0.717) is 0 Å². The quantitative estimate of drug-likeness (QED) is 0.152. The van der Waals surface area contributed by atoms with Crippen LogP contribution in [-0.2, 0) is 0 Å². The maximum Gasteiger partial charge on any atom is 0.0625 e. The summed E-state index contributed by atoms with van der Waals surface area (Å²) in [4.78, 5) is 2.32. The maximum absolute atomic E-state index is 4.07. The van der Waals surface area contributed by atoms with Gasteiger partial charge in [-0.05, 0) is 95.1 Å². The highest BCUT2D eigenvalue weighted by atomic mass is 15.1. The highest BCUT2D eigenvalue weighted by Crippen LogP contribution is 2.42. The Morgan fingerprint density at radius 3 is 1.84 bits per heavy atom. The van der Waals surface area contributed by atoms with Gasteiger partial charge >= 0.3 is 0 Å². The molecule has 2 heteroatoms. The molecular weight excluding hydrogens is 593 g/mol. The van der Waals surface area contributed by atoms with Crippen LogP contribution in [0.1, 0.15) is 12.5 Å². The first-order valence-corrected chi connectivity index (χ1v) is 16.8. The first kappa shape index (κ1) is 30.0. The van der Waals surface area contributed by atoms with Crippen molar-refractivity contribution in [2.45, 2.75) is 6.92 Å². The summed E-state index contributed by atoms with van der Waals surface area (Å²) in [6, 6.07) is 58.7. The summed E-state index contributed by atoms with van der Waals surface area (Å²) in [6.45, 7) is 6.14. The van der Waals surface area contributed by atoms with Crippen LogP contribution in [0.25, 0.3) is 55.0 Å². The molecule has 0 aliphatic heterocycles. The van der Waals surface area contributed by atoms with Crippen LogP contribution >= 0.6 is 0 Å². The van der Waals surface area contributed by atoms with E-state index in [-0.39, 0.29) is 0 Å². The van der Waals surface area contributed by atoms with Crippen LogP contribution in [-0.4, -0.2) is 4.57 Å². The van der Waals surface area contributed by atoms with E-state index >= 15 is 0 Å². The minimum Gasteiger partial charge on any atom is -0.311 e. The molecule has 0 fully saturated rings. The zero-order chi connectivity index (χ0) is 33.2. The molecule has 2 nitrogen and oxygen atoms in total. The molecule has 0 bridgehead atoms. The van der Waals surface area contributed by atoms with Crippen molar-refractivity contribution >= 4 is 55.2 Å². The number of anilines is 3. The Hall–Kier alpha value is -6.38. The molecule has 0 N–H and O–H groups in total. The SMILES string of the molecule is C=C/C=C(\C=C/C)c1c2ccccc2cc2c3ccccc3n(-c3ccc(N(c4ccccc4)c4ccc(-c5ccccc5)cc4)cc3)c12. The molecule has 0 radical (unpaired) electrons. The van der Waals surface area contributed by atoms with Gasteiger partial charge in [-0.1, -0.05) is 134 Å². The summed E-state index contributed by atoms with van der Waals surface area (Å²) in [5, 5.41) is 4.91. The van der Waals surface area contributed by atoms with E-state index in [1.165, 1.54) is 49.3 Å². The fraction of sp³-hybridized carbons (Fsp3) is 0.0213. The smallest absolute Gasteiger partial charge is 0.0625 e. The van der Waals surface area contributed by atoms with Crippen molar-refractivity contribution in [3.8, 4) is 16.8 Å². The first-order chi connectivity index (χ1) is 24.2. The van der Waals surface area contributed by atoms with Crippen LogP contribution in [0.5, 0.6) is 0 Å². The molecule has 0 saturated carbocycles. The number of nitrogens with zero attached hydrogens (tertiary/aromatic N) is 2.